The Morgan fingerprint density at radius 3 is 2.60 bits per heavy atom. The van der Waals surface area contributed by atoms with Crippen molar-refractivity contribution in [1.82, 2.24) is 14.5 Å². The lowest BCUT2D eigenvalue weighted by molar-refractivity contribution is -0.136. The van der Waals surface area contributed by atoms with E-state index in [1.807, 2.05) is 0 Å². The van der Waals surface area contributed by atoms with E-state index in [0.717, 1.165) is 38.5 Å². The second-order valence-corrected chi connectivity index (χ2v) is 11.3. The minimum Gasteiger partial charge on any atom is -0.383 e. The fourth-order valence-corrected chi connectivity index (χ4v) is 6.41. The summed E-state index contributed by atoms with van der Waals surface area (Å²) in [7, 11) is -2.22. The van der Waals surface area contributed by atoms with Crippen LogP contribution in [0.15, 0.2) is 35.6 Å². The van der Waals surface area contributed by atoms with Gasteiger partial charge in [-0.15, -0.1) is 0 Å². The van der Waals surface area contributed by atoms with E-state index >= 15 is 0 Å². The number of nitrogens with zero attached hydrogens (tertiary/aromatic N) is 3. The lowest BCUT2D eigenvalue weighted by Crippen LogP contribution is -2.38. The normalized spacial score (nSPS) is 18.9. The Bertz CT molecular complexity index is 1090. The van der Waals surface area contributed by atoms with Gasteiger partial charge in [0.15, 0.2) is 0 Å². The van der Waals surface area contributed by atoms with Gasteiger partial charge in [-0.3, -0.25) is 4.79 Å². The van der Waals surface area contributed by atoms with Crippen LogP contribution < -0.4 is 0 Å². The molecule has 2 heterocycles. The molecular weight excluding hydrogens is 473 g/mol. The van der Waals surface area contributed by atoms with E-state index in [1.54, 1.807) is 22.8 Å². The molecule has 0 spiro atoms. The van der Waals surface area contributed by atoms with Gasteiger partial charge >= 0.3 is 0 Å². The molecule has 2 fully saturated rings. The maximum Gasteiger partial charge on any atom is 0.228 e. The van der Waals surface area contributed by atoms with Crippen LogP contribution in [0.4, 0.5) is 4.39 Å². The van der Waals surface area contributed by atoms with E-state index in [4.69, 9.17) is 9.47 Å². The lowest BCUT2D eigenvalue weighted by atomic mass is 10.1. The van der Waals surface area contributed by atoms with E-state index in [2.05, 4.69) is 4.98 Å². The minimum atomic E-state index is -3.82. The van der Waals surface area contributed by atoms with E-state index in [0.29, 0.717) is 37.6 Å². The third-order valence-electron chi connectivity index (χ3n) is 6.79. The zero-order valence-corrected chi connectivity index (χ0v) is 21.0. The van der Waals surface area contributed by atoms with Gasteiger partial charge in [-0.2, -0.15) is 0 Å². The van der Waals surface area contributed by atoms with Gasteiger partial charge in [0.1, 0.15) is 5.82 Å². The molecule has 1 saturated carbocycles. The Kier molecular flexibility index (Phi) is 8.56. The smallest absolute Gasteiger partial charge is 0.228 e. The van der Waals surface area contributed by atoms with Gasteiger partial charge in [-0.25, -0.2) is 17.8 Å². The van der Waals surface area contributed by atoms with Crippen molar-refractivity contribution < 1.29 is 27.1 Å². The molecule has 1 amide bonds. The average molecular weight is 508 g/mol. The average Bonchev–Trinajstić information content (AvgIpc) is 3.61. The largest absolute Gasteiger partial charge is 0.383 e. The third kappa shape index (κ3) is 6.48. The van der Waals surface area contributed by atoms with Crippen molar-refractivity contribution in [1.29, 1.82) is 0 Å². The quantitative estimate of drug-likeness (QED) is 0.463. The number of methoxy groups -OCH3 is 1. The molecule has 4 rings (SSSR count). The van der Waals surface area contributed by atoms with Gasteiger partial charge < -0.3 is 18.9 Å². The second kappa shape index (κ2) is 11.6. The highest BCUT2D eigenvalue weighted by Crippen LogP contribution is 2.28. The van der Waals surface area contributed by atoms with Crippen LogP contribution in [-0.2, 0) is 42.9 Å². The monoisotopic (exact) mass is 507 g/mol. The predicted octanol–water partition coefficient (Wildman–Crippen LogP) is 3.34. The number of halogens is 1. The maximum atomic E-state index is 13.4. The van der Waals surface area contributed by atoms with E-state index in [-0.39, 0.29) is 35.4 Å². The third-order valence-corrected chi connectivity index (χ3v) is 8.39. The molecule has 2 aromatic rings. The first-order valence-electron chi connectivity index (χ1n) is 12.3. The number of ether oxygens (including phenoxy) is 2. The zero-order valence-electron chi connectivity index (χ0n) is 20.2. The van der Waals surface area contributed by atoms with Crippen molar-refractivity contribution in [2.45, 2.75) is 68.6 Å². The second-order valence-electron chi connectivity index (χ2n) is 9.40. The topological polar surface area (TPSA) is 90.7 Å². The number of hydrogen-bond donors (Lipinski definition) is 0. The van der Waals surface area contributed by atoms with Crippen molar-refractivity contribution in [2.75, 3.05) is 26.9 Å². The summed E-state index contributed by atoms with van der Waals surface area (Å²) in [6.45, 7) is 2.07. The predicted molar refractivity (Wildman–Crippen MR) is 128 cm³/mol. The van der Waals surface area contributed by atoms with Crippen LogP contribution in [0.3, 0.4) is 0 Å². The number of amides is 1. The summed E-state index contributed by atoms with van der Waals surface area (Å²) in [5, 5.41) is -0.0488. The number of carbonyl (C=O) groups excluding carboxylic acids is 1. The molecule has 0 bridgehead atoms. The van der Waals surface area contributed by atoms with Gasteiger partial charge in [0.2, 0.25) is 20.9 Å². The highest BCUT2D eigenvalue weighted by atomic mass is 32.2. The molecule has 8 nitrogen and oxygen atoms in total. The van der Waals surface area contributed by atoms with Crippen molar-refractivity contribution in [3.8, 4) is 0 Å². The maximum absolute atomic E-state index is 13.4. The van der Waals surface area contributed by atoms with Crippen molar-refractivity contribution in [3.63, 3.8) is 0 Å². The molecule has 1 aliphatic carbocycles. The summed E-state index contributed by atoms with van der Waals surface area (Å²) >= 11 is 0. The van der Waals surface area contributed by atoms with Gasteiger partial charge in [0.05, 0.1) is 43.4 Å². The van der Waals surface area contributed by atoms with E-state index in [1.165, 1.54) is 24.3 Å². The highest BCUT2D eigenvalue weighted by molar-refractivity contribution is 7.90. The lowest BCUT2D eigenvalue weighted by Gasteiger charge is -2.26. The van der Waals surface area contributed by atoms with Crippen LogP contribution in [0, 0.1) is 11.7 Å². The molecule has 1 aliphatic heterocycles. The number of benzene rings is 1. The van der Waals surface area contributed by atoms with Crippen molar-refractivity contribution in [3.05, 3.63) is 47.5 Å². The molecule has 10 heteroatoms. The van der Waals surface area contributed by atoms with Crippen molar-refractivity contribution in [2.24, 2.45) is 5.92 Å². The van der Waals surface area contributed by atoms with Crippen LogP contribution >= 0.6 is 0 Å². The van der Waals surface area contributed by atoms with Crippen LogP contribution in [0.5, 0.6) is 0 Å². The van der Waals surface area contributed by atoms with Crippen LogP contribution in [-0.4, -0.2) is 61.7 Å². The van der Waals surface area contributed by atoms with E-state index < -0.39 is 15.7 Å². The van der Waals surface area contributed by atoms with Gasteiger partial charge in [-0.1, -0.05) is 25.0 Å². The molecule has 192 valence electrons. The standard InChI is InChI=1S/C25H34FN3O5S/c1-33-14-12-28(24(30)20-5-2-3-6-20)16-22-15-27-25(29(22)17-23-7-4-13-34-23)35(31,32)18-19-8-10-21(26)11-9-19/h8-11,15,20,23H,2-7,12-14,16-18H2,1H3. The molecule has 1 atom stereocenters. The van der Waals surface area contributed by atoms with Gasteiger partial charge in [-0.05, 0) is 43.4 Å². The first-order valence-corrected chi connectivity index (χ1v) is 13.9. The summed E-state index contributed by atoms with van der Waals surface area (Å²) in [5.41, 5.74) is 1.14. The Labute approximate surface area is 206 Å². The van der Waals surface area contributed by atoms with Crippen LogP contribution in [0.25, 0.3) is 0 Å². The number of aromatic nitrogens is 2. The molecule has 0 radical (unpaired) electrons. The Hall–Kier alpha value is -2.30. The number of rotatable bonds is 11. The first kappa shape index (κ1) is 25.8. The summed E-state index contributed by atoms with van der Waals surface area (Å²) < 4.78 is 52.8. The van der Waals surface area contributed by atoms with E-state index in [9.17, 15) is 17.6 Å². The Balaban J connectivity index is 1.62. The molecular formula is C25H34FN3O5S. The molecule has 35 heavy (non-hydrogen) atoms. The summed E-state index contributed by atoms with van der Waals surface area (Å²) in [6, 6.07) is 5.43. The van der Waals surface area contributed by atoms with Crippen LogP contribution in [0.1, 0.15) is 49.8 Å². The fraction of sp³-hybridized carbons (Fsp3) is 0.600. The fourth-order valence-electron chi connectivity index (χ4n) is 4.91. The molecule has 0 N–H and O–H groups in total. The molecule has 1 saturated heterocycles. The summed E-state index contributed by atoms with van der Waals surface area (Å²) in [4.78, 5) is 19.3. The highest BCUT2D eigenvalue weighted by Gasteiger charge is 2.31. The Morgan fingerprint density at radius 2 is 1.94 bits per heavy atom. The van der Waals surface area contributed by atoms with Crippen LogP contribution in [0.2, 0.25) is 0 Å². The van der Waals surface area contributed by atoms with Gasteiger partial charge in [0.25, 0.3) is 0 Å². The Morgan fingerprint density at radius 1 is 1.20 bits per heavy atom. The summed E-state index contributed by atoms with van der Waals surface area (Å²) in [6.07, 6.45) is 7.07. The number of hydrogen-bond acceptors (Lipinski definition) is 6. The number of imidazole rings is 1. The number of carbonyl (C=O) groups is 1. The van der Waals surface area contributed by atoms with Crippen molar-refractivity contribution >= 4 is 15.7 Å². The molecule has 1 unspecified atom stereocenters. The molecule has 2 aliphatic rings. The number of sulfone groups is 1. The minimum absolute atomic E-state index is 0.00284. The molecule has 1 aromatic carbocycles. The summed E-state index contributed by atoms with van der Waals surface area (Å²) in [5.74, 6) is -0.622. The zero-order chi connectivity index (χ0) is 24.8. The molecule has 1 aromatic heterocycles. The SMILES string of the molecule is COCCN(Cc1cnc(S(=O)(=O)Cc2ccc(F)cc2)n1CC1CCCO1)C(=O)C1CCCC1. The van der Waals surface area contributed by atoms with Gasteiger partial charge in [0, 0.05) is 26.2 Å². The first-order chi connectivity index (χ1) is 16.9.